The maximum Gasteiger partial charge on any atom is 0.248 e. The summed E-state index contributed by atoms with van der Waals surface area (Å²) in [5.74, 6) is -2.55. The standard InChI is InChI=1S/C8H10F2N2O/c9-8(10)2-1-5(3-8)7-11-4-6(13)12-7/h5H,1-4H2,(H,11,12,13). The van der Waals surface area contributed by atoms with Gasteiger partial charge in [0, 0.05) is 18.8 Å². The summed E-state index contributed by atoms with van der Waals surface area (Å²) < 4.78 is 25.6. The molecule has 0 saturated heterocycles. The second kappa shape index (κ2) is 2.75. The van der Waals surface area contributed by atoms with Gasteiger partial charge >= 0.3 is 0 Å². The average Bonchev–Trinajstić information content (AvgIpc) is 2.56. The van der Waals surface area contributed by atoms with Crippen LogP contribution in [0.1, 0.15) is 19.3 Å². The van der Waals surface area contributed by atoms with E-state index in [1.807, 2.05) is 0 Å². The molecule has 0 aromatic rings. The summed E-state index contributed by atoms with van der Waals surface area (Å²) in [6.45, 7) is 0.0946. The van der Waals surface area contributed by atoms with E-state index in [2.05, 4.69) is 10.3 Å². The van der Waals surface area contributed by atoms with Crippen LogP contribution in [0.25, 0.3) is 0 Å². The Balaban J connectivity index is 2.01. The quantitative estimate of drug-likeness (QED) is 0.654. The third kappa shape index (κ3) is 1.68. The molecule has 3 nitrogen and oxygen atoms in total. The molecule has 1 aliphatic heterocycles. The Kier molecular flexibility index (Phi) is 1.82. The Morgan fingerprint density at radius 3 is 2.77 bits per heavy atom. The van der Waals surface area contributed by atoms with E-state index >= 15 is 0 Å². The molecular weight excluding hydrogens is 178 g/mol. The molecule has 5 heteroatoms. The first kappa shape index (κ1) is 8.59. The summed E-state index contributed by atoms with van der Waals surface area (Å²) >= 11 is 0. The lowest BCUT2D eigenvalue weighted by molar-refractivity contribution is -0.117. The summed E-state index contributed by atoms with van der Waals surface area (Å²) in [6, 6.07) is 0. The lowest BCUT2D eigenvalue weighted by Gasteiger charge is -2.09. The molecule has 0 radical (unpaired) electrons. The second-order valence-corrected chi connectivity index (χ2v) is 3.55. The minimum absolute atomic E-state index is 0.0907. The second-order valence-electron chi connectivity index (χ2n) is 3.55. The summed E-state index contributed by atoms with van der Waals surface area (Å²) in [5, 5.41) is 2.51. The molecule has 0 spiro atoms. The topological polar surface area (TPSA) is 41.5 Å². The van der Waals surface area contributed by atoms with Crippen molar-refractivity contribution in [3.8, 4) is 0 Å². The van der Waals surface area contributed by atoms with E-state index in [1.54, 1.807) is 0 Å². The van der Waals surface area contributed by atoms with Crippen LogP contribution in [0.4, 0.5) is 8.78 Å². The largest absolute Gasteiger partial charge is 0.313 e. The summed E-state index contributed by atoms with van der Waals surface area (Å²) in [4.78, 5) is 14.6. The number of aliphatic imine (C=N–C) groups is 1. The van der Waals surface area contributed by atoms with Crippen LogP contribution < -0.4 is 5.32 Å². The monoisotopic (exact) mass is 188 g/mol. The van der Waals surface area contributed by atoms with Gasteiger partial charge in [0.15, 0.2) is 0 Å². The number of hydrogen-bond acceptors (Lipinski definition) is 2. The lowest BCUT2D eigenvalue weighted by Crippen LogP contribution is -2.30. The van der Waals surface area contributed by atoms with E-state index in [0.717, 1.165) is 0 Å². The fourth-order valence-corrected chi connectivity index (χ4v) is 1.79. The van der Waals surface area contributed by atoms with Crippen molar-refractivity contribution in [2.45, 2.75) is 25.2 Å². The molecule has 0 aromatic heterocycles. The molecule has 72 valence electrons. The van der Waals surface area contributed by atoms with Gasteiger partial charge in [-0.3, -0.25) is 9.79 Å². The lowest BCUT2D eigenvalue weighted by atomic mass is 10.1. The van der Waals surface area contributed by atoms with Crippen LogP contribution in [0, 0.1) is 5.92 Å². The Morgan fingerprint density at radius 2 is 2.31 bits per heavy atom. The molecule has 2 aliphatic rings. The summed E-state index contributed by atoms with van der Waals surface area (Å²) in [6.07, 6.45) is 0.158. The highest BCUT2D eigenvalue weighted by Gasteiger charge is 2.42. The van der Waals surface area contributed by atoms with Gasteiger partial charge in [0.25, 0.3) is 0 Å². The van der Waals surface area contributed by atoms with Gasteiger partial charge in [0.1, 0.15) is 12.4 Å². The van der Waals surface area contributed by atoms with Gasteiger partial charge in [0.05, 0.1) is 0 Å². The molecule has 1 unspecified atom stereocenters. The van der Waals surface area contributed by atoms with E-state index in [1.165, 1.54) is 0 Å². The highest BCUT2D eigenvalue weighted by Crippen LogP contribution is 2.39. The van der Waals surface area contributed by atoms with Crippen molar-refractivity contribution in [2.24, 2.45) is 10.9 Å². The van der Waals surface area contributed by atoms with Crippen LogP contribution in [0.5, 0.6) is 0 Å². The Labute approximate surface area is 74.2 Å². The molecular formula is C8H10F2N2O. The highest BCUT2D eigenvalue weighted by molar-refractivity contribution is 6.05. The number of rotatable bonds is 1. The van der Waals surface area contributed by atoms with Gasteiger partial charge in [-0.15, -0.1) is 0 Å². The molecule has 1 atom stereocenters. The van der Waals surface area contributed by atoms with E-state index in [0.29, 0.717) is 12.3 Å². The number of amides is 1. The zero-order valence-corrected chi connectivity index (χ0v) is 7.02. The molecule has 2 rings (SSSR count). The number of carbonyl (C=O) groups excluding carboxylic acids is 1. The number of carbonyl (C=O) groups is 1. The van der Waals surface area contributed by atoms with Crippen molar-refractivity contribution in [3.05, 3.63) is 0 Å². The van der Waals surface area contributed by atoms with E-state index < -0.39 is 5.92 Å². The predicted octanol–water partition coefficient (Wildman–Crippen LogP) is 0.950. The van der Waals surface area contributed by atoms with Crippen molar-refractivity contribution in [2.75, 3.05) is 6.54 Å². The van der Waals surface area contributed by atoms with Crippen LogP contribution in [-0.4, -0.2) is 24.2 Å². The third-order valence-electron chi connectivity index (χ3n) is 2.45. The van der Waals surface area contributed by atoms with Crippen molar-refractivity contribution >= 4 is 11.7 Å². The van der Waals surface area contributed by atoms with Crippen LogP contribution in [0.15, 0.2) is 4.99 Å². The molecule has 1 aliphatic carbocycles. The molecule has 1 N–H and O–H groups in total. The summed E-state index contributed by atoms with van der Waals surface area (Å²) in [5.41, 5.74) is 0. The first-order valence-electron chi connectivity index (χ1n) is 4.29. The van der Waals surface area contributed by atoms with Crippen LogP contribution in [-0.2, 0) is 4.79 Å². The van der Waals surface area contributed by atoms with E-state index in [4.69, 9.17) is 0 Å². The number of hydrogen-bond donors (Lipinski definition) is 1. The number of nitrogens with one attached hydrogen (secondary N) is 1. The van der Waals surface area contributed by atoms with E-state index in [9.17, 15) is 13.6 Å². The first-order chi connectivity index (χ1) is 6.07. The third-order valence-corrected chi connectivity index (χ3v) is 2.45. The summed E-state index contributed by atoms with van der Waals surface area (Å²) in [7, 11) is 0. The van der Waals surface area contributed by atoms with Gasteiger partial charge in [-0.25, -0.2) is 8.78 Å². The Bertz CT molecular complexity index is 275. The van der Waals surface area contributed by atoms with Crippen LogP contribution in [0.2, 0.25) is 0 Å². The number of alkyl halides is 2. The number of halogens is 2. The zero-order valence-electron chi connectivity index (χ0n) is 7.02. The van der Waals surface area contributed by atoms with Crippen molar-refractivity contribution < 1.29 is 13.6 Å². The average molecular weight is 188 g/mol. The zero-order chi connectivity index (χ0) is 9.47. The molecule has 0 bridgehead atoms. The van der Waals surface area contributed by atoms with Crippen molar-refractivity contribution in [1.82, 2.24) is 5.32 Å². The molecule has 1 heterocycles. The number of amidine groups is 1. The van der Waals surface area contributed by atoms with Crippen molar-refractivity contribution in [1.29, 1.82) is 0 Å². The molecule has 13 heavy (non-hydrogen) atoms. The smallest absolute Gasteiger partial charge is 0.248 e. The Morgan fingerprint density at radius 1 is 1.54 bits per heavy atom. The Hall–Kier alpha value is -1.00. The fourth-order valence-electron chi connectivity index (χ4n) is 1.79. The first-order valence-corrected chi connectivity index (χ1v) is 4.29. The van der Waals surface area contributed by atoms with Gasteiger partial charge in [-0.1, -0.05) is 0 Å². The number of nitrogens with zero attached hydrogens (tertiary/aromatic N) is 1. The minimum Gasteiger partial charge on any atom is -0.313 e. The van der Waals surface area contributed by atoms with Gasteiger partial charge in [-0.05, 0) is 6.42 Å². The molecule has 1 amide bonds. The molecule has 1 fully saturated rings. The van der Waals surface area contributed by atoms with Gasteiger partial charge < -0.3 is 5.32 Å². The van der Waals surface area contributed by atoms with Crippen LogP contribution >= 0.6 is 0 Å². The van der Waals surface area contributed by atoms with E-state index in [-0.39, 0.29) is 31.2 Å². The van der Waals surface area contributed by atoms with Crippen LogP contribution in [0.3, 0.4) is 0 Å². The minimum atomic E-state index is -2.57. The van der Waals surface area contributed by atoms with Gasteiger partial charge in [-0.2, -0.15) is 0 Å². The maximum atomic E-state index is 12.8. The normalized spacial score (nSPS) is 31.7. The highest BCUT2D eigenvalue weighted by atomic mass is 19.3. The fraction of sp³-hybridized carbons (Fsp3) is 0.750. The van der Waals surface area contributed by atoms with Crippen molar-refractivity contribution in [3.63, 3.8) is 0 Å². The SMILES string of the molecule is O=C1CN=C(C2CCC(F)(F)C2)N1. The molecule has 0 aromatic carbocycles. The van der Waals surface area contributed by atoms with Gasteiger partial charge in [0.2, 0.25) is 11.8 Å². The molecule has 1 saturated carbocycles. The maximum absolute atomic E-state index is 12.8. The predicted molar refractivity (Wildman–Crippen MR) is 42.7 cm³/mol.